The average Bonchev–Trinajstić information content (AvgIpc) is 2.68. The zero-order valence-corrected chi connectivity index (χ0v) is 10.7. The fourth-order valence-corrected chi connectivity index (χ4v) is 2.62. The first-order valence-electron chi connectivity index (χ1n) is 5.43. The topological polar surface area (TPSA) is 21.3 Å². The molecule has 1 aromatic carbocycles. The lowest BCUT2D eigenvalue weighted by atomic mass is 10.1. The molecule has 0 saturated heterocycles. The second-order valence-electron chi connectivity index (χ2n) is 3.97. The molecule has 1 unspecified atom stereocenters. The van der Waals surface area contributed by atoms with Gasteiger partial charge in [0.15, 0.2) is 0 Å². The lowest BCUT2D eigenvalue weighted by Crippen LogP contribution is -2.23. The molecule has 4 heteroatoms. The molecule has 0 fully saturated rings. The molecule has 2 rings (SSSR count). The molecular formula is C12H15Cl2NO. The van der Waals surface area contributed by atoms with Crippen molar-refractivity contribution < 1.29 is 4.74 Å². The van der Waals surface area contributed by atoms with Crippen LogP contribution in [-0.4, -0.2) is 20.3 Å². The number of nitrogens with one attached hydrogen (secondary N) is 1. The summed E-state index contributed by atoms with van der Waals surface area (Å²) in [5, 5.41) is 4.83. The highest BCUT2D eigenvalue weighted by atomic mass is 35.5. The molecule has 16 heavy (non-hydrogen) atoms. The largest absolute Gasteiger partial charge is 0.383 e. The van der Waals surface area contributed by atoms with Gasteiger partial charge in [0.2, 0.25) is 0 Å². The second kappa shape index (κ2) is 5.37. The van der Waals surface area contributed by atoms with Gasteiger partial charge in [0, 0.05) is 19.7 Å². The molecule has 1 aliphatic rings. The van der Waals surface area contributed by atoms with Crippen molar-refractivity contribution in [3.63, 3.8) is 0 Å². The van der Waals surface area contributed by atoms with Crippen LogP contribution < -0.4 is 5.32 Å². The van der Waals surface area contributed by atoms with Crippen LogP contribution in [-0.2, 0) is 11.2 Å². The van der Waals surface area contributed by atoms with E-state index in [2.05, 4.69) is 11.4 Å². The molecule has 0 amide bonds. The van der Waals surface area contributed by atoms with Crippen molar-refractivity contribution in [2.24, 2.45) is 0 Å². The molecule has 0 bridgehead atoms. The van der Waals surface area contributed by atoms with Gasteiger partial charge < -0.3 is 10.1 Å². The molecule has 0 spiro atoms. The molecule has 0 saturated carbocycles. The SMILES string of the molecule is COCCNC1CCc2c1ccc(Cl)c2Cl. The monoisotopic (exact) mass is 259 g/mol. The molecule has 0 aromatic heterocycles. The summed E-state index contributed by atoms with van der Waals surface area (Å²) in [6.07, 6.45) is 2.08. The lowest BCUT2D eigenvalue weighted by molar-refractivity contribution is 0.195. The van der Waals surface area contributed by atoms with Gasteiger partial charge >= 0.3 is 0 Å². The summed E-state index contributed by atoms with van der Waals surface area (Å²) < 4.78 is 5.02. The number of hydrogen-bond acceptors (Lipinski definition) is 2. The van der Waals surface area contributed by atoms with Gasteiger partial charge in [0.05, 0.1) is 16.7 Å². The first-order valence-corrected chi connectivity index (χ1v) is 6.18. The predicted molar refractivity (Wildman–Crippen MR) is 67.4 cm³/mol. The Balaban J connectivity index is 2.11. The molecule has 1 atom stereocenters. The quantitative estimate of drug-likeness (QED) is 0.839. The number of halogens is 2. The summed E-state index contributed by atoms with van der Waals surface area (Å²) in [5.74, 6) is 0. The fraction of sp³-hybridized carbons (Fsp3) is 0.500. The zero-order valence-electron chi connectivity index (χ0n) is 9.22. The summed E-state index contributed by atoms with van der Waals surface area (Å²) >= 11 is 12.2. The molecule has 0 aliphatic heterocycles. The van der Waals surface area contributed by atoms with Gasteiger partial charge in [-0.3, -0.25) is 0 Å². The molecular weight excluding hydrogens is 245 g/mol. The first-order chi connectivity index (χ1) is 7.74. The third-order valence-electron chi connectivity index (χ3n) is 2.99. The minimum Gasteiger partial charge on any atom is -0.383 e. The van der Waals surface area contributed by atoms with E-state index in [1.165, 1.54) is 11.1 Å². The normalized spacial score (nSPS) is 18.8. The van der Waals surface area contributed by atoms with Crippen LogP contribution in [0.4, 0.5) is 0 Å². The number of rotatable bonds is 4. The van der Waals surface area contributed by atoms with E-state index in [1.807, 2.05) is 6.07 Å². The predicted octanol–water partition coefficient (Wildman–Crippen LogP) is 3.22. The van der Waals surface area contributed by atoms with Crippen LogP contribution in [0.5, 0.6) is 0 Å². The Kier molecular flexibility index (Phi) is 4.09. The van der Waals surface area contributed by atoms with Gasteiger partial charge in [-0.05, 0) is 30.0 Å². The number of methoxy groups -OCH3 is 1. The first kappa shape index (κ1) is 12.2. The van der Waals surface area contributed by atoms with Crippen molar-refractivity contribution in [2.75, 3.05) is 20.3 Å². The van der Waals surface area contributed by atoms with Crippen molar-refractivity contribution in [1.82, 2.24) is 5.32 Å². The Bertz CT molecular complexity index is 382. The smallest absolute Gasteiger partial charge is 0.0627 e. The lowest BCUT2D eigenvalue weighted by Gasteiger charge is -2.14. The molecule has 1 aliphatic carbocycles. The van der Waals surface area contributed by atoms with E-state index < -0.39 is 0 Å². The van der Waals surface area contributed by atoms with Crippen LogP contribution in [0.15, 0.2) is 12.1 Å². The van der Waals surface area contributed by atoms with Crippen LogP contribution in [0.3, 0.4) is 0 Å². The number of ether oxygens (including phenoxy) is 1. The van der Waals surface area contributed by atoms with Gasteiger partial charge in [0.1, 0.15) is 0 Å². The van der Waals surface area contributed by atoms with Crippen molar-refractivity contribution in [3.05, 3.63) is 33.3 Å². The van der Waals surface area contributed by atoms with Crippen molar-refractivity contribution in [3.8, 4) is 0 Å². The van der Waals surface area contributed by atoms with Gasteiger partial charge in [0.25, 0.3) is 0 Å². The van der Waals surface area contributed by atoms with Crippen LogP contribution >= 0.6 is 23.2 Å². The van der Waals surface area contributed by atoms with Crippen LogP contribution in [0.2, 0.25) is 10.0 Å². The maximum Gasteiger partial charge on any atom is 0.0627 e. The van der Waals surface area contributed by atoms with Gasteiger partial charge in [-0.1, -0.05) is 29.3 Å². The molecule has 0 radical (unpaired) electrons. The highest BCUT2D eigenvalue weighted by Crippen LogP contribution is 2.38. The molecule has 1 aromatic rings. The van der Waals surface area contributed by atoms with E-state index >= 15 is 0 Å². The minimum absolute atomic E-state index is 0.389. The highest BCUT2D eigenvalue weighted by Gasteiger charge is 2.24. The van der Waals surface area contributed by atoms with Gasteiger partial charge in [-0.15, -0.1) is 0 Å². The Labute approximate surface area is 106 Å². The summed E-state index contributed by atoms with van der Waals surface area (Å²) in [6.45, 7) is 1.59. The van der Waals surface area contributed by atoms with E-state index in [1.54, 1.807) is 7.11 Å². The molecule has 88 valence electrons. The Morgan fingerprint density at radius 2 is 2.25 bits per heavy atom. The Morgan fingerprint density at radius 1 is 1.44 bits per heavy atom. The van der Waals surface area contributed by atoms with E-state index in [0.717, 1.165) is 31.0 Å². The van der Waals surface area contributed by atoms with Crippen molar-refractivity contribution >= 4 is 23.2 Å². The Morgan fingerprint density at radius 3 is 3.00 bits per heavy atom. The zero-order chi connectivity index (χ0) is 11.5. The highest BCUT2D eigenvalue weighted by molar-refractivity contribution is 6.42. The summed E-state index contributed by atoms with van der Waals surface area (Å²) in [4.78, 5) is 0. The van der Waals surface area contributed by atoms with Gasteiger partial charge in [-0.25, -0.2) is 0 Å². The maximum absolute atomic E-state index is 6.18. The third-order valence-corrected chi connectivity index (χ3v) is 3.83. The number of hydrogen-bond donors (Lipinski definition) is 1. The molecule has 0 heterocycles. The number of fused-ring (bicyclic) bond motifs is 1. The van der Waals surface area contributed by atoms with Crippen LogP contribution in [0.25, 0.3) is 0 Å². The van der Waals surface area contributed by atoms with E-state index in [9.17, 15) is 0 Å². The second-order valence-corrected chi connectivity index (χ2v) is 4.75. The Hall–Kier alpha value is -0.280. The third kappa shape index (κ3) is 2.35. The van der Waals surface area contributed by atoms with Crippen molar-refractivity contribution in [1.29, 1.82) is 0 Å². The molecule has 2 nitrogen and oxygen atoms in total. The van der Waals surface area contributed by atoms with Gasteiger partial charge in [-0.2, -0.15) is 0 Å². The average molecular weight is 260 g/mol. The molecule has 1 N–H and O–H groups in total. The maximum atomic E-state index is 6.18. The van der Waals surface area contributed by atoms with E-state index in [4.69, 9.17) is 27.9 Å². The minimum atomic E-state index is 0.389. The standard InChI is InChI=1S/C12H15Cl2NO/c1-16-7-6-15-11-5-3-9-8(11)2-4-10(13)12(9)14/h2,4,11,15H,3,5-7H2,1H3. The van der Waals surface area contributed by atoms with E-state index in [0.29, 0.717) is 11.1 Å². The van der Waals surface area contributed by atoms with E-state index in [-0.39, 0.29) is 0 Å². The van der Waals surface area contributed by atoms with Crippen molar-refractivity contribution in [2.45, 2.75) is 18.9 Å². The van der Waals surface area contributed by atoms with Crippen LogP contribution in [0.1, 0.15) is 23.6 Å². The summed E-state index contributed by atoms with van der Waals surface area (Å²) in [7, 11) is 1.71. The summed E-state index contributed by atoms with van der Waals surface area (Å²) in [5.41, 5.74) is 2.48. The fourth-order valence-electron chi connectivity index (χ4n) is 2.18. The van der Waals surface area contributed by atoms with Crippen LogP contribution in [0, 0.1) is 0 Å². The summed E-state index contributed by atoms with van der Waals surface area (Å²) in [6, 6.07) is 4.33. The number of benzene rings is 1.